The van der Waals surface area contributed by atoms with Gasteiger partial charge in [0.25, 0.3) is 0 Å². The Kier molecular flexibility index (Phi) is 4.70. The lowest BCUT2D eigenvalue weighted by Gasteiger charge is -2.38. The van der Waals surface area contributed by atoms with E-state index >= 15 is 0 Å². The van der Waals surface area contributed by atoms with E-state index < -0.39 is 6.10 Å². The molecule has 1 atom stereocenters. The van der Waals surface area contributed by atoms with Crippen molar-refractivity contribution in [3.8, 4) is 0 Å². The van der Waals surface area contributed by atoms with Crippen LogP contribution in [0, 0.1) is 22.2 Å². The Hall–Kier alpha value is -0.890. The van der Waals surface area contributed by atoms with Crippen LogP contribution in [0.2, 0.25) is 0 Å². The first-order valence-corrected chi connectivity index (χ1v) is 7.59. The topological polar surface area (TPSA) is 44.1 Å². The predicted octanol–water partition coefficient (Wildman–Crippen LogP) is 4.74. The second-order valence-electron chi connectivity index (χ2n) is 8.39. The first-order valence-electron chi connectivity index (χ1n) is 7.59. The molecule has 0 aromatic rings. The quantitative estimate of drug-likeness (QED) is 0.752. The number of hydrogen-bond acceptors (Lipinski definition) is 2. The van der Waals surface area contributed by atoms with E-state index in [0.717, 1.165) is 12.0 Å². The first kappa shape index (κ1) is 17.2. The highest BCUT2D eigenvalue weighted by molar-refractivity contribution is 6.05. The number of rotatable bonds is 2. The molecule has 1 aliphatic rings. The van der Waals surface area contributed by atoms with Crippen LogP contribution in [0.15, 0.2) is 22.8 Å². The Labute approximate surface area is 124 Å². The summed E-state index contributed by atoms with van der Waals surface area (Å²) in [7, 11) is 0. The lowest BCUT2D eigenvalue weighted by molar-refractivity contribution is 0.279. The Morgan fingerprint density at radius 2 is 1.60 bits per heavy atom. The Bertz CT molecular complexity index is 453. The maximum absolute atomic E-state index is 10.3. The average molecular weight is 277 g/mol. The van der Waals surface area contributed by atoms with E-state index in [1.807, 2.05) is 6.08 Å². The zero-order valence-corrected chi connectivity index (χ0v) is 14.4. The fourth-order valence-electron chi connectivity index (χ4n) is 2.97. The molecule has 0 heterocycles. The van der Waals surface area contributed by atoms with Gasteiger partial charge in [0.05, 0.1) is 5.71 Å². The van der Waals surface area contributed by atoms with E-state index in [2.05, 4.69) is 55.4 Å². The summed E-state index contributed by atoms with van der Waals surface area (Å²) < 4.78 is 0. The summed E-state index contributed by atoms with van der Waals surface area (Å²) in [6.45, 7) is 17.4. The van der Waals surface area contributed by atoms with Gasteiger partial charge >= 0.3 is 0 Å². The van der Waals surface area contributed by atoms with Gasteiger partial charge in [-0.05, 0) is 46.0 Å². The molecule has 2 heteroatoms. The van der Waals surface area contributed by atoms with Crippen molar-refractivity contribution in [2.45, 2.75) is 67.9 Å². The van der Waals surface area contributed by atoms with Crippen LogP contribution in [-0.4, -0.2) is 16.9 Å². The van der Waals surface area contributed by atoms with Gasteiger partial charge in [-0.3, -0.25) is 0 Å². The number of nitrogens with one attached hydrogen (secondary N) is 1. The van der Waals surface area contributed by atoms with Gasteiger partial charge in [-0.25, -0.2) is 0 Å². The van der Waals surface area contributed by atoms with Crippen LogP contribution in [0.5, 0.6) is 0 Å². The van der Waals surface area contributed by atoms with Crippen molar-refractivity contribution in [3.63, 3.8) is 0 Å². The zero-order chi connectivity index (χ0) is 15.9. The minimum Gasteiger partial charge on any atom is -0.383 e. The third kappa shape index (κ3) is 3.60. The number of hydrogen-bond donors (Lipinski definition) is 2. The van der Waals surface area contributed by atoms with Crippen LogP contribution >= 0.6 is 0 Å². The Morgan fingerprint density at radius 3 is 1.95 bits per heavy atom. The third-order valence-electron chi connectivity index (χ3n) is 3.69. The smallest absolute Gasteiger partial charge is 0.114 e. The summed E-state index contributed by atoms with van der Waals surface area (Å²) in [5.41, 5.74) is 3.76. The largest absolute Gasteiger partial charge is 0.383 e. The van der Waals surface area contributed by atoms with Crippen molar-refractivity contribution in [2.75, 3.05) is 0 Å². The second-order valence-corrected chi connectivity index (χ2v) is 8.39. The van der Waals surface area contributed by atoms with Crippen LogP contribution in [-0.2, 0) is 0 Å². The fourth-order valence-corrected chi connectivity index (χ4v) is 2.97. The molecule has 2 nitrogen and oxygen atoms in total. The molecule has 20 heavy (non-hydrogen) atoms. The van der Waals surface area contributed by atoms with Gasteiger partial charge in [0.15, 0.2) is 0 Å². The summed E-state index contributed by atoms with van der Waals surface area (Å²) in [6.07, 6.45) is 2.08. The molecule has 0 spiro atoms. The molecule has 1 rings (SSSR count). The molecular weight excluding hydrogens is 246 g/mol. The summed E-state index contributed by atoms with van der Waals surface area (Å²) in [4.78, 5) is 0. The van der Waals surface area contributed by atoms with E-state index in [1.54, 1.807) is 0 Å². The highest BCUT2D eigenvalue weighted by Crippen LogP contribution is 2.44. The van der Waals surface area contributed by atoms with Crippen molar-refractivity contribution in [1.82, 2.24) is 0 Å². The van der Waals surface area contributed by atoms with Gasteiger partial charge < -0.3 is 10.5 Å². The molecule has 0 radical (unpaired) electrons. The van der Waals surface area contributed by atoms with Gasteiger partial charge in [0.1, 0.15) is 6.10 Å². The Morgan fingerprint density at radius 1 is 1.10 bits per heavy atom. The first-order chi connectivity index (χ1) is 8.85. The maximum atomic E-state index is 10.3. The van der Waals surface area contributed by atoms with Gasteiger partial charge in [0.2, 0.25) is 0 Å². The predicted molar refractivity (Wildman–Crippen MR) is 87.2 cm³/mol. The molecule has 1 unspecified atom stereocenters. The molecule has 0 amide bonds. The molecule has 0 aromatic heterocycles. The maximum Gasteiger partial charge on any atom is 0.114 e. The van der Waals surface area contributed by atoms with E-state index in [-0.39, 0.29) is 10.8 Å². The molecule has 0 saturated carbocycles. The molecule has 2 N–H and O–H groups in total. The molecule has 0 fully saturated rings. The van der Waals surface area contributed by atoms with Crippen molar-refractivity contribution < 1.29 is 5.11 Å². The number of aliphatic hydroxyl groups is 1. The average Bonchev–Trinajstić information content (AvgIpc) is 2.18. The minimum absolute atomic E-state index is 0.0115. The van der Waals surface area contributed by atoms with E-state index in [1.165, 1.54) is 11.1 Å². The van der Waals surface area contributed by atoms with Gasteiger partial charge in [0, 0.05) is 0 Å². The summed E-state index contributed by atoms with van der Waals surface area (Å²) in [6, 6.07) is 0. The lowest BCUT2D eigenvalue weighted by atomic mass is 9.68. The molecule has 114 valence electrons. The van der Waals surface area contributed by atoms with Crippen LogP contribution in [0.1, 0.15) is 61.8 Å². The lowest BCUT2D eigenvalue weighted by Crippen LogP contribution is -2.34. The highest BCUT2D eigenvalue weighted by Gasteiger charge is 2.36. The molecule has 0 aliphatic heterocycles. The normalized spacial score (nSPS) is 21.6. The van der Waals surface area contributed by atoms with Crippen LogP contribution in [0.4, 0.5) is 0 Å². The molecular formula is C18H31NO. The minimum atomic E-state index is -0.769. The van der Waals surface area contributed by atoms with E-state index in [0.29, 0.717) is 11.6 Å². The Balaban J connectivity index is 3.55. The number of allylic oxidation sites excluding steroid dienone is 2. The molecule has 0 saturated heterocycles. The van der Waals surface area contributed by atoms with Crippen LogP contribution < -0.4 is 0 Å². The van der Waals surface area contributed by atoms with Crippen molar-refractivity contribution in [1.29, 1.82) is 5.41 Å². The molecule has 1 aliphatic carbocycles. The van der Waals surface area contributed by atoms with Gasteiger partial charge in [-0.1, -0.05) is 55.4 Å². The van der Waals surface area contributed by atoms with Gasteiger partial charge in [-0.2, -0.15) is 0 Å². The van der Waals surface area contributed by atoms with Crippen LogP contribution in [0.25, 0.3) is 0 Å². The molecule has 0 aromatic carbocycles. The fraction of sp³-hybridized carbons (Fsp3) is 0.722. The SMILES string of the molecule is CC(C)CC1=C(C(C)(C)C)C(=N)C(O)C=C1C(C)(C)C. The van der Waals surface area contributed by atoms with Crippen LogP contribution in [0.3, 0.4) is 0 Å². The zero-order valence-electron chi connectivity index (χ0n) is 14.4. The van der Waals surface area contributed by atoms with Crippen molar-refractivity contribution in [2.24, 2.45) is 16.7 Å². The monoisotopic (exact) mass is 277 g/mol. The van der Waals surface area contributed by atoms with E-state index in [9.17, 15) is 5.11 Å². The standard InChI is InChI=1S/C18H31NO/c1-11(2)9-12-13(17(3,4)5)10-14(20)16(19)15(12)18(6,7)8/h10-11,14,19-20H,9H2,1-8H3. The summed E-state index contributed by atoms with van der Waals surface area (Å²) >= 11 is 0. The van der Waals surface area contributed by atoms with Crippen molar-refractivity contribution in [3.05, 3.63) is 22.8 Å². The second kappa shape index (κ2) is 5.48. The summed E-state index contributed by atoms with van der Waals surface area (Å²) in [5, 5.41) is 18.6. The highest BCUT2D eigenvalue weighted by atomic mass is 16.3. The third-order valence-corrected chi connectivity index (χ3v) is 3.69. The van der Waals surface area contributed by atoms with Gasteiger partial charge in [-0.15, -0.1) is 0 Å². The van der Waals surface area contributed by atoms with Crippen molar-refractivity contribution >= 4 is 5.71 Å². The summed E-state index contributed by atoms with van der Waals surface area (Å²) in [5.74, 6) is 0.538. The molecule has 0 bridgehead atoms. The van der Waals surface area contributed by atoms with E-state index in [4.69, 9.17) is 5.41 Å². The number of aliphatic hydroxyl groups excluding tert-OH is 1.